The van der Waals surface area contributed by atoms with Crippen molar-refractivity contribution in [1.82, 2.24) is 19.8 Å². The first kappa shape index (κ1) is 33.2. The number of anilines is 1. The monoisotopic (exact) mass is 632 g/mol. The molecular weight excluding hydrogens is 597 g/mol. The van der Waals surface area contributed by atoms with Gasteiger partial charge in [0, 0.05) is 37.2 Å². The number of imidazole rings is 1. The summed E-state index contributed by atoms with van der Waals surface area (Å²) in [4.78, 5) is 19.1. The first-order chi connectivity index (χ1) is 21.2. The van der Waals surface area contributed by atoms with E-state index in [4.69, 9.17) is 17.5 Å². The SMILES string of the molecule is Cc1ccc(NC(=S)N(Cc2ccccc2C(F)(F)F)CC(C)(C)NC(=O)Cc2cncn2Cc2ccc(C#N)cc2)cc1C. The molecule has 0 aliphatic rings. The van der Waals surface area contributed by atoms with Gasteiger partial charge >= 0.3 is 6.18 Å². The number of amides is 1. The zero-order valence-corrected chi connectivity index (χ0v) is 26.4. The Morgan fingerprint density at radius 3 is 2.42 bits per heavy atom. The molecule has 2 N–H and O–H groups in total. The van der Waals surface area contributed by atoms with Crippen molar-refractivity contribution in [2.45, 2.75) is 58.9 Å². The van der Waals surface area contributed by atoms with Crippen molar-refractivity contribution < 1.29 is 18.0 Å². The van der Waals surface area contributed by atoms with Gasteiger partial charge in [-0.05, 0) is 92.5 Å². The molecule has 4 rings (SSSR count). The number of nitrogens with one attached hydrogen (secondary N) is 2. The van der Waals surface area contributed by atoms with E-state index in [2.05, 4.69) is 21.7 Å². The maximum absolute atomic E-state index is 13.9. The van der Waals surface area contributed by atoms with Crippen LogP contribution in [0.25, 0.3) is 0 Å². The number of rotatable bonds is 10. The van der Waals surface area contributed by atoms with Crippen LogP contribution in [0.3, 0.4) is 0 Å². The standard InChI is InChI=1S/C34H35F3N6OS/c1-23-9-14-28(15-24(23)2)40-32(45)42(20-27-7-5-6-8-30(27)34(35,36)37)21-33(3,4)41-31(44)16-29-18-39-22-43(29)19-26-12-10-25(17-38)11-13-26/h5-15,18,22H,16,19-21H2,1-4H3,(H,40,45)(H,41,44). The van der Waals surface area contributed by atoms with Crippen LogP contribution in [-0.2, 0) is 30.5 Å². The van der Waals surface area contributed by atoms with Crippen LogP contribution in [0.4, 0.5) is 18.9 Å². The summed E-state index contributed by atoms with van der Waals surface area (Å²) in [5.41, 5.74) is 3.53. The molecule has 0 radical (unpaired) electrons. The van der Waals surface area contributed by atoms with Gasteiger partial charge in [0.15, 0.2) is 5.11 Å². The number of carbonyl (C=O) groups excluding carboxylic acids is 1. The number of thiocarbonyl (C=S) groups is 1. The van der Waals surface area contributed by atoms with Crippen molar-refractivity contribution in [3.8, 4) is 6.07 Å². The minimum Gasteiger partial charge on any atom is -0.349 e. The molecule has 0 aliphatic heterocycles. The summed E-state index contributed by atoms with van der Waals surface area (Å²) < 4.78 is 43.5. The highest BCUT2D eigenvalue weighted by Gasteiger charge is 2.34. The topological polar surface area (TPSA) is 86.0 Å². The zero-order valence-electron chi connectivity index (χ0n) is 25.6. The van der Waals surface area contributed by atoms with Gasteiger partial charge in [-0.1, -0.05) is 36.4 Å². The van der Waals surface area contributed by atoms with Gasteiger partial charge in [-0.3, -0.25) is 4.79 Å². The van der Waals surface area contributed by atoms with Crippen LogP contribution >= 0.6 is 12.2 Å². The molecule has 1 heterocycles. The average molecular weight is 633 g/mol. The lowest BCUT2D eigenvalue weighted by Crippen LogP contribution is -2.53. The molecule has 1 amide bonds. The van der Waals surface area contributed by atoms with Gasteiger partial charge in [-0.15, -0.1) is 0 Å². The Morgan fingerprint density at radius 1 is 1.04 bits per heavy atom. The Labute approximate surface area is 266 Å². The number of alkyl halides is 3. The molecule has 0 atom stereocenters. The highest BCUT2D eigenvalue weighted by molar-refractivity contribution is 7.80. The second-order valence-corrected chi connectivity index (χ2v) is 12.1. The predicted octanol–water partition coefficient (Wildman–Crippen LogP) is 6.78. The van der Waals surface area contributed by atoms with Gasteiger partial charge < -0.3 is 20.1 Å². The maximum Gasteiger partial charge on any atom is 0.416 e. The van der Waals surface area contributed by atoms with Crippen molar-refractivity contribution in [2.75, 3.05) is 11.9 Å². The van der Waals surface area contributed by atoms with Gasteiger partial charge in [0.25, 0.3) is 0 Å². The van der Waals surface area contributed by atoms with E-state index in [1.807, 2.05) is 48.7 Å². The number of carbonyl (C=O) groups is 1. The van der Waals surface area contributed by atoms with E-state index in [1.54, 1.807) is 49.5 Å². The Bertz CT molecular complexity index is 1710. The van der Waals surface area contributed by atoms with Crippen LogP contribution in [-0.4, -0.2) is 37.6 Å². The lowest BCUT2D eigenvalue weighted by atomic mass is 10.0. The summed E-state index contributed by atoms with van der Waals surface area (Å²) in [6, 6.07) is 20.4. The highest BCUT2D eigenvalue weighted by atomic mass is 32.1. The van der Waals surface area contributed by atoms with Gasteiger partial charge in [-0.25, -0.2) is 4.98 Å². The molecule has 7 nitrogen and oxygen atoms in total. The minimum absolute atomic E-state index is 0.0436. The quantitative estimate of drug-likeness (QED) is 0.188. The Hall–Kier alpha value is -4.69. The molecule has 0 bridgehead atoms. The molecule has 234 valence electrons. The van der Waals surface area contributed by atoms with Gasteiger partial charge in [0.1, 0.15) is 0 Å². The zero-order chi connectivity index (χ0) is 32.8. The van der Waals surface area contributed by atoms with E-state index in [1.165, 1.54) is 12.1 Å². The van der Waals surface area contributed by atoms with Crippen molar-refractivity contribution in [3.05, 3.63) is 118 Å². The number of nitriles is 1. The summed E-state index contributed by atoms with van der Waals surface area (Å²) in [6.07, 6.45) is -1.22. The number of nitrogens with zero attached hydrogens (tertiary/aromatic N) is 4. The summed E-state index contributed by atoms with van der Waals surface area (Å²) >= 11 is 5.73. The summed E-state index contributed by atoms with van der Waals surface area (Å²) in [5.74, 6) is -0.273. The van der Waals surface area contributed by atoms with Crippen molar-refractivity contribution in [1.29, 1.82) is 5.26 Å². The van der Waals surface area contributed by atoms with E-state index in [9.17, 15) is 18.0 Å². The fraction of sp³-hybridized carbons (Fsp3) is 0.294. The minimum atomic E-state index is -4.53. The third-order valence-corrected chi connectivity index (χ3v) is 7.73. The molecule has 0 saturated heterocycles. The Kier molecular flexibility index (Phi) is 10.3. The Balaban J connectivity index is 1.50. The van der Waals surface area contributed by atoms with E-state index in [-0.39, 0.29) is 36.1 Å². The van der Waals surface area contributed by atoms with E-state index >= 15 is 0 Å². The van der Waals surface area contributed by atoms with Crippen LogP contribution < -0.4 is 10.6 Å². The van der Waals surface area contributed by atoms with Crippen LogP contribution in [0, 0.1) is 25.2 Å². The molecule has 0 spiro atoms. The smallest absolute Gasteiger partial charge is 0.349 e. The fourth-order valence-corrected chi connectivity index (χ4v) is 5.23. The molecule has 0 unspecified atom stereocenters. The van der Waals surface area contributed by atoms with Gasteiger partial charge in [-0.2, -0.15) is 18.4 Å². The van der Waals surface area contributed by atoms with Crippen molar-refractivity contribution >= 4 is 28.9 Å². The summed E-state index contributed by atoms with van der Waals surface area (Å²) in [7, 11) is 0. The largest absolute Gasteiger partial charge is 0.416 e. The van der Waals surface area contributed by atoms with Gasteiger partial charge in [0.05, 0.1) is 35.5 Å². The van der Waals surface area contributed by atoms with Crippen LogP contribution in [0.2, 0.25) is 0 Å². The lowest BCUT2D eigenvalue weighted by Gasteiger charge is -2.35. The average Bonchev–Trinajstić information content (AvgIpc) is 3.40. The first-order valence-corrected chi connectivity index (χ1v) is 14.7. The second-order valence-electron chi connectivity index (χ2n) is 11.7. The highest BCUT2D eigenvalue weighted by Crippen LogP contribution is 2.32. The molecule has 0 saturated carbocycles. The predicted molar refractivity (Wildman–Crippen MR) is 172 cm³/mol. The molecular formula is C34H35F3N6OS. The fourth-order valence-electron chi connectivity index (χ4n) is 4.98. The van der Waals surface area contributed by atoms with E-state index in [0.29, 0.717) is 17.8 Å². The number of hydrogen-bond donors (Lipinski definition) is 2. The van der Waals surface area contributed by atoms with Crippen LogP contribution in [0.5, 0.6) is 0 Å². The van der Waals surface area contributed by atoms with E-state index in [0.717, 1.165) is 28.4 Å². The first-order valence-electron chi connectivity index (χ1n) is 14.3. The third-order valence-electron chi connectivity index (χ3n) is 7.37. The van der Waals surface area contributed by atoms with Crippen LogP contribution in [0.15, 0.2) is 79.3 Å². The third kappa shape index (κ3) is 9.16. The summed E-state index contributed by atoms with van der Waals surface area (Å²) in [6.45, 7) is 8.05. The number of hydrogen-bond acceptors (Lipinski definition) is 4. The second kappa shape index (κ2) is 13.9. The van der Waals surface area contributed by atoms with E-state index < -0.39 is 17.3 Å². The number of aryl methyl sites for hydroxylation is 2. The van der Waals surface area contributed by atoms with Crippen LogP contribution in [0.1, 0.15) is 52.9 Å². The van der Waals surface area contributed by atoms with Crippen molar-refractivity contribution in [2.24, 2.45) is 0 Å². The lowest BCUT2D eigenvalue weighted by molar-refractivity contribution is -0.138. The molecule has 0 fully saturated rings. The van der Waals surface area contributed by atoms with Crippen molar-refractivity contribution in [3.63, 3.8) is 0 Å². The molecule has 0 aliphatic carbocycles. The Morgan fingerprint density at radius 2 is 1.76 bits per heavy atom. The normalized spacial score (nSPS) is 11.5. The molecule has 45 heavy (non-hydrogen) atoms. The molecule has 3 aromatic carbocycles. The molecule has 11 heteroatoms. The number of halogens is 3. The number of aromatic nitrogens is 2. The number of benzene rings is 3. The molecule has 4 aromatic rings. The summed E-state index contributed by atoms with van der Waals surface area (Å²) in [5, 5.41) is 15.5. The maximum atomic E-state index is 13.9. The molecule has 1 aromatic heterocycles. The van der Waals surface area contributed by atoms with Gasteiger partial charge in [0.2, 0.25) is 5.91 Å².